The molecule has 0 bridgehead atoms. The Kier molecular flexibility index (Phi) is 5.61. The van der Waals surface area contributed by atoms with Gasteiger partial charge >= 0.3 is 5.00 Å². The summed E-state index contributed by atoms with van der Waals surface area (Å²) in [4.78, 5) is 10.1. The highest BCUT2D eigenvalue weighted by atomic mass is 35.5. The van der Waals surface area contributed by atoms with Gasteiger partial charge in [-0.3, -0.25) is 10.1 Å². The first kappa shape index (κ1) is 18.8. The molecule has 7 nitrogen and oxygen atoms in total. The summed E-state index contributed by atoms with van der Waals surface area (Å²) in [6, 6.07) is 11.7. The van der Waals surface area contributed by atoms with Crippen LogP contribution in [-0.4, -0.2) is 36.8 Å². The first-order valence-electron chi connectivity index (χ1n) is 6.94. The highest BCUT2D eigenvalue weighted by molar-refractivity contribution is 7.91. The molecule has 130 valence electrons. The second-order valence-corrected chi connectivity index (χ2v) is 8.58. The van der Waals surface area contributed by atoms with E-state index >= 15 is 0 Å². The van der Waals surface area contributed by atoms with Gasteiger partial charge in [-0.1, -0.05) is 30.3 Å². The fourth-order valence-corrected chi connectivity index (χ4v) is 5.48. The monoisotopic (exact) mass is 389 g/mol. The number of nitrogens with two attached hydrogens (primary N) is 1. The van der Waals surface area contributed by atoms with E-state index in [1.54, 1.807) is 0 Å². The number of sulfonamides is 1. The van der Waals surface area contributed by atoms with Crippen LogP contribution in [-0.2, 0) is 10.0 Å². The predicted octanol–water partition coefficient (Wildman–Crippen LogP) is 2.19. The third-order valence-electron chi connectivity index (χ3n) is 3.90. The van der Waals surface area contributed by atoms with E-state index in [1.165, 1.54) is 16.4 Å². The van der Waals surface area contributed by atoms with E-state index in [4.69, 9.17) is 5.73 Å². The van der Waals surface area contributed by atoms with Crippen LogP contribution in [0.15, 0.2) is 46.7 Å². The SMILES string of the molecule is Cl.N[C@@H]1CN(S(=O)(=O)c2ccc([N+](=O)[O-])s2)C[C@H]1c1ccccc1. The molecule has 0 radical (unpaired) electrons. The van der Waals surface area contributed by atoms with Crippen LogP contribution in [0.1, 0.15) is 11.5 Å². The van der Waals surface area contributed by atoms with Crippen molar-refractivity contribution in [3.63, 3.8) is 0 Å². The highest BCUT2D eigenvalue weighted by Crippen LogP contribution is 2.34. The van der Waals surface area contributed by atoms with Crippen LogP contribution in [0.3, 0.4) is 0 Å². The molecule has 0 spiro atoms. The molecule has 1 fully saturated rings. The highest BCUT2D eigenvalue weighted by Gasteiger charge is 2.39. The minimum atomic E-state index is -3.76. The van der Waals surface area contributed by atoms with Gasteiger partial charge in [-0.2, -0.15) is 4.31 Å². The van der Waals surface area contributed by atoms with Crippen molar-refractivity contribution in [1.82, 2.24) is 4.31 Å². The molecular weight excluding hydrogens is 374 g/mol. The number of benzene rings is 1. The van der Waals surface area contributed by atoms with Gasteiger partial charge in [-0.25, -0.2) is 8.42 Å². The van der Waals surface area contributed by atoms with Crippen molar-refractivity contribution in [2.75, 3.05) is 13.1 Å². The number of hydrogen-bond acceptors (Lipinski definition) is 6. The van der Waals surface area contributed by atoms with Gasteiger partial charge in [0.15, 0.2) is 0 Å². The molecule has 2 aromatic rings. The van der Waals surface area contributed by atoms with Crippen molar-refractivity contribution in [1.29, 1.82) is 0 Å². The zero-order chi connectivity index (χ0) is 16.6. The van der Waals surface area contributed by atoms with E-state index in [0.717, 1.165) is 5.56 Å². The third-order valence-corrected chi connectivity index (χ3v) is 7.24. The Hall–Kier alpha value is -1.52. The summed E-state index contributed by atoms with van der Waals surface area (Å²) in [6.45, 7) is 0.479. The van der Waals surface area contributed by atoms with Crippen molar-refractivity contribution >= 4 is 38.8 Å². The van der Waals surface area contributed by atoms with Gasteiger partial charge in [-0.05, 0) is 23.0 Å². The van der Waals surface area contributed by atoms with Crippen LogP contribution in [0.4, 0.5) is 5.00 Å². The van der Waals surface area contributed by atoms with Crippen molar-refractivity contribution in [3.8, 4) is 0 Å². The molecule has 1 aliphatic rings. The molecule has 0 aliphatic carbocycles. The molecule has 0 unspecified atom stereocenters. The Balaban J connectivity index is 0.00000208. The number of hydrogen-bond donors (Lipinski definition) is 1. The number of nitro groups is 1. The summed E-state index contributed by atoms with van der Waals surface area (Å²) in [5.74, 6) is -0.0825. The van der Waals surface area contributed by atoms with Crippen molar-refractivity contribution in [2.45, 2.75) is 16.2 Å². The standard InChI is InChI=1S/C14H15N3O4S2.ClH/c15-12-9-16(8-11(12)10-4-2-1-3-5-10)23(20,21)14-7-6-13(22-14)17(18)19;/h1-7,11-12H,8-9,15H2;1H/t11-,12+;/m0./s1. The molecule has 1 aromatic heterocycles. The van der Waals surface area contributed by atoms with E-state index in [2.05, 4.69) is 0 Å². The maximum atomic E-state index is 12.7. The van der Waals surface area contributed by atoms with Crippen molar-refractivity contribution in [2.24, 2.45) is 5.73 Å². The minimum Gasteiger partial charge on any atom is -0.326 e. The second-order valence-electron chi connectivity index (χ2n) is 5.35. The molecular formula is C14H16ClN3O4S2. The van der Waals surface area contributed by atoms with Gasteiger partial charge in [0.05, 0.1) is 4.92 Å². The third kappa shape index (κ3) is 3.45. The van der Waals surface area contributed by atoms with Crippen LogP contribution in [0.25, 0.3) is 0 Å². The molecule has 3 rings (SSSR count). The Morgan fingerprint density at radius 3 is 2.42 bits per heavy atom. The van der Waals surface area contributed by atoms with E-state index in [9.17, 15) is 18.5 Å². The largest absolute Gasteiger partial charge is 0.326 e. The van der Waals surface area contributed by atoms with E-state index in [-0.39, 0.29) is 46.7 Å². The van der Waals surface area contributed by atoms with Crippen LogP contribution < -0.4 is 5.73 Å². The van der Waals surface area contributed by atoms with Gasteiger partial charge in [0, 0.05) is 31.1 Å². The summed E-state index contributed by atoms with van der Waals surface area (Å²) >= 11 is 0.664. The van der Waals surface area contributed by atoms with E-state index < -0.39 is 14.9 Å². The zero-order valence-corrected chi connectivity index (χ0v) is 14.9. The van der Waals surface area contributed by atoms with Gasteiger partial charge < -0.3 is 5.73 Å². The summed E-state index contributed by atoms with van der Waals surface area (Å²) in [5, 5.41) is 10.6. The molecule has 1 aliphatic heterocycles. The second kappa shape index (κ2) is 7.16. The Bertz CT molecular complexity index is 826. The lowest BCUT2D eigenvalue weighted by atomic mass is 9.95. The molecule has 2 N–H and O–H groups in total. The van der Waals surface area contributed by atoms with E-state index in [1.807, 2.05) is 30.3 Å². The first-order chi connectivity index (χ1) is 10.9. The maximum Gasteiger partial charge on any atom is 0.325 e. The summed E-state index contributed by atoms with van der Waals surface area (Å²) in [7, 11) is -3.76. The minimum absolute atomic E-state index is 0. The molecule has 24 heavy (non-hydrogen) atoms. The normalized spacial score (nSPS) is 21.4. The summed E-state index contributed by atoms with van der Waals surface area (Å²) < 4.78 is 26.6. The number of rotatable bonds is 4. The molecule has 0 saturated carbocycles. The number of halogens is 1. The lowest BCUT2D eigenvalue weighted by molar-refractivity contribution is -0.380. The maximum absolute atomic E-state index is 12.7. The van der Waals surface area contributed by atoms with E-state index in [0.29, 0.717) is 11.3 Å². The van der Waals surface area contributed by atoms with Gasteiger partial charge in [0.2, 0.25) is 0 Å². The molecule has 2 atom stereocenters. The van der Waals surface area contributed by atoms with Gasteiger partial charge in [-0.15, -0.1) is 12.4 Å². The topological polar surface area (TPSA) is 107 Å². The molecule has 0 amide bonds. The molecule has 1 aromatic carbocycles. The zero-order valence-electron chi connectivity index (χ0n) is 12.4. The first-order valence-corrected chi connectivity index (χ1v) is 9.20. The summed E-state index contributed by atoms with van der Waals surface area (Å²) in [6.07, 6.45) is 0. The Morgan fingerprint density at radius 1 is 1.17 bits per heavy atom. The average molecular weight is 390 g/mol. The van der Waals surface area contributed by atoms with Crippen LogP contribution in [0.5, 0.6) is 0 Å². The molecule has 2 heterocycles. The average Bonchev–Trinajstić information content (AvgIpc) is 3.15. The fraction of sp³-hybridized carbons (Fsp3) is 0.286. The number of nitrogens with zero attached hydrogens (tertiary/aromatic N) is 2. The lowest BCUT2D eigenvalue weighted by Gasteiger charge is -2.15. The van der Waals surface area contributed by atoms with Gasteiger partial charge in [0.25, 0.3) is 10.0 Å². The molecule has 1 saturated heterocycles. The van der Waals surface area contributed by atoms with Crippen LogP contribution >= 0.6 is 23.7 Å². The Morgan fingerprint density at radius 2 is 1.83 bits per heavy atom. The van der Waals surface area contributed by atoms with Crippen molar-refractivity contribution in [3.05, 3.63) is 58.1 Å². The summed E-state index contributed by atoms with van der Waals surface area (Å²) in [5.41, 5.74) is 7.11. The quantitative estimate of drug-likeness (QED) is 0.637. The lowest BCUT2D eigenvalue weighted by Crippen LogP contribution is -2.31. The van der Waals surface area contributed by atoms with Gasteiger partial charge in [0.1, 0.15) is 4.21 Å². The molecule has 10 heteroatoms. The van der Waals surface area contributed by atoms with Crippen LogP contribution in [0.2, 0.25) is 0 Å². The number of thiophene rings is 1. The Labute approximate surface area is 149 Å². The van der Waals surface area contributed by atoms with Crippen molar-refractivity contribution < 1.29 is 13.3 Å². The van der Waals surface area contributed by atoms with Crippen LogP contribution in [0, 0.1) is 10.1 Å². The predicted molar refractivity (Wildman–Crippen MR) is 94.1 cm³/mol. The fourth-order valence-electron chi connectivity index (χ4n) is 2.72. The smallest absolute Gasteiger partial charge is 0.325 e.